The van der Waals surface area contributed by atoms with Gasteiger partial charge in [0.2, 0.25) is 0 Å². The van der Waals surface area contributed by atoms with Crippen LogP contribution in [0, 0.1) is 13.8 Å². The van der Waals surface area contributed by atoms with Gasteiger partial charge in [-0.3, -0.25) is 0 Å². The summed E-state index contributed by atoms with van der Waals surface area (Å²) in [6.07, 6.45) is 1.15. The van der Waals surface area contributed by atoms with E-state index in [2.05, 4.69) is 5.16 Å². The molecule has 2 rings (SSSR count). The summed E-state index contributed by atoms with van der Waals surface area (Å²) in [5.74, 6) is -0.0238. The molecule has 0 aliphatic carbocycles. The maximum atomic E-state index is 12.1. The zero-order chi connectivity index (χ0) is 16.3. The van der Waals surface area contributed by atoms with Crippen LogP contribution in [-0.2, 0) is 26.9 Å². The van der Waals surface area contributed by atoms with Gasteiger partial charge in [0.1, 0.15) is 12.4 Å². The molecular formula is C15H17NO5S. The van der Waals surface area contributed by atoms with Crippen molar-refractivity contribution >= 4 is 15.8 Å². The zero-order valence-electron chi connectivity index (χ0n) is 12.6. The molecule has 0 saturated heterocycles. The van der Waals surface area contributed by atoms with Crippen molar-refractivity contribution in [1.29, 1.82) is 0 Å². The van der Waals surface area contributed by atoms with Gasteiger partial charge >= 0.3 is 5.97 Å². The third kappa shape index (κ3) is 4.17. The fourth-order valence-electron chi connectivity index (χ4n) is 2.02. The summed E-state index contributed by atoms with van der Waals surface area (Å²) in [7, 11) is -3.15. The number of rotatable bonds is 5. The largest absolute Gasteiger partial charge is 0.457 e. The lowest BCUT2D eigenvalue weighted by Gasteiger charge is -2.06. The third-order valence-corrected chi connectivity index (χ3v) is 3.98. The summed E-state index contributed by atoms with van der Waals surface area (Å²) in [6.45, 7) is 3.58. The Labute approximate surface area is 129 Å². The maximum absolute atomic E-state index is 12.1. The number of ether oxygens (including phenoxy) is 1. The Kier molecular flexibility index (Phi) is 4.65. The van der Waals surface area contributed by atoms with Crippen LogP contribution >= 0.6 is 0 Å². The van der Waals surface area contributed by atoms with E-state index < -0.39 is 15.8 Å². The quantitative estimate of drug-likeness (QED) is 0.784. The first-order valence-corrected chi connectivity index (χ1v) is 8.68. The second-order valence-electron chi connectivity index (χ2n) is 5.15. The highest BCUT2D eigenvalue weighted by atomic mass is 32.2. The van der Waals surface area contributed by atoms with Crippen LogP contribution in [0.3, 0.4) is 0 Å². The molecule has 7 heteroatoms. The topological polar surface area (TPSA) is 86.5 Å². The molecule has 0 atom stereocenters. The molecule has 2 aromatic rings. The van der Waals surface area contributed by atoms with Gasteiger partial charge in [-0.1, -0.05) is 17.3 Å². The maximum Gasteiger partial charge on any atom is 0.338 e. The normalized spacial score (nSPS) is 11.4. The smallest absolute Gasteiger partial charge is 0.338 e. The Balaban J connectivity index is 2.08. The van der Waals surface area contributed by atoms with Gasteiger partial charge in [-0.2, -0.15) is 0 Å². The van der Waals surface area contributed by atoms with Crippen LogP contribution in [0.2, 0.25) is 0 Å². The van der Waals surface area contributed by atoms with E-state index in [-0.39, 0.29) is 12.4 Å². The molecule has 0 fully saturated rings. The number of carbonyl (C=O) groups excluding carboxylic acids is 1. The molecule has 1 heterocycles. The molecular weight excluding hydrogens is 306 g/mol. The molecule has 0 saturated carbocycles. The van der Waals surface area contributed by atoms with E-state index in [0.717, 1.165) is 11.8 Å². The molecule has 0 spiro atoms. The van der Waals surface area contributed by atoms with Crippen LogP contribution in [-0.4, -0.2) is 25.8 Å². The summed E-state index contributed by atoms with van der Waals surface area (Å²) < 4.78 is 32.8. The first kappa shape index (κ1) is 16.2. The molecule has 0 bridgehead atoms. The standard InChI is InChI=1S/C15H17NO5S/c1-10-14(11(2)21-16-10)8-20-15(17)13-6-4-5-12(7-13)9-22(3,18)19/h4-7H,8-9H2,1-3H3. The summed E-state index contributed by atoms with van der Waals surface area (Å²) in [5, 5.41) is 3.79. The van der Waals surface area contributed by atoms with Crippen molar-refractivity contribution in [3.63, 3.8) is 0 Å². The summed E-state index contributed by atoms with van der Waals surface area (Å²) in [4.78, 5) is 12.1. The van der Waals surface area contributed by atoms with Crippen molar-refractivity contribution in [3.8, 4) is 0 Å². The molecule has 0 N–H and O–H groups in total. The van der Waals surface area contributed by atoms with Gasteiger partial charge in [-0.25, -0.2) is 13.2 Å². The first-order valence-electron chi connectivity index (χ1n) is 6.62. The Morgan fingerprint density at radius 2 is 2.05 bits per heavy atom. The second-order valence-corrected chi connectivity index (χ2v) is 7.29. The molecule has 0 amide bonds. The number of carbonyl (C=O) groups is 1. The van der Waals surface area contributed by atoms with E-state index in [0.29, 0.717) is 22.6 Å². The number of hydrogen-bond donors (Lipinski definition) is 0. The molecule has 1 aromatic carbocycles. The molecule has 1 aromatic heterocycles. The van der Waals surface area contributed by atoms with E-state index in [1.54, 1.807) is 32.0 Å². The van der Waals surface area contributed by atoms with Crippen LogP contribution in [0.1, 0.15) is 32.9 Å². The van der Waals surface area contributed by atoms with Crippen molar-refractivity contribution in [3.05, 3.63) is 52.4 Å². The minimum Gasteiger partial charge on any atom is -0.457 e. The van der Waals surface area contributed by atoms with Crippen LogP contribution in [0.4, 0.5) is 0 Å². The van der Waals surface area contributed by atoms with E-state index in [4.69, 9.17) is 9.26 Å². The third-order valence-electron chi connectivity index (χ3n) is 3.12. The van der Waals surface area contributed by atoms with E-state index in [1.807, 2.05) is 0 Å². The predicted octanol–water partition coefficient (Wildman–Crippen LogP) is 2.19. The Bertz CT molecular complexity index is 773. The van der Waals surface area contributed by atoms with Crippen LogP contribution in [0.25, 0.3) is 0 Å². The predicted molar refractivity (Wildman–Crippen MR) is 80.1 cm³/mol. The van der Waals surface area contributed by atoms with Crippen molar-refractivity contribution in [1.82, 2.24) is 5.16 Å². The second kappa shape index (κ2) is 6.31. The molecule has 0 unspecified atom stereocenters. The van der Waals surface area contributed by atoms with Gasteiger partial charge in [0.15, 0.2) is 9.84 Å². The fraction of sp³-hybridized carbons (Fsp3) is 0.333. The summed E-state index contributed by atoms with van der Waals surface area (Å²) >= 11 is 0. The van der Waals surface area contributed by atoms with Gasteiger partial charge in [0, 0.05) is 6.26 Å². The number of nitrogens with zero attached hydrogens (tertiary/aromatic N) is 1. The lowest BCUT2D eigenvalue weighted by Crippen LogP contribution is -2.07. The summed E-state index contributed by atoms with van der Waals surface area (Å²) in [5.41, 5.74) is 2.28. The molecule has 22 heavy (non-hydrogen) atoms. The monoisotopic (exact) mass is 323 g/mol. The molecule has 0 aliphatic rings. The van der Waals surface area contributed by atoms with Gasteiger partial charge in [0.25, 0.3) is 0 Å². The number of esters is 1. The zero-order valence-corrected chi connectivity index (χ0v) is 13.4. The van der Waals surface area contributed by atoms with Crippen molar-refractivity contribution < 1.29 is 22.5 Å². The summed E-state index contributed by atoms with van der Waals surface area (Å²) in [6, 6.07) is 6.40. The molecule has 0 aliphatic heterocycles. The van der Waals surface area contributed by atoms with Gasteiger partial charge in [0.05, 0.1) is 22.6 Å². The Hall–Kier alpha value is -2.15. The Morgan fingerprint density at radius 1 is 1.32 bits per heavy atom. The highest BCUT2D eigenvalue weighted by molar-refractivity contribution is 7.89. The first-order chi connectivity index (χ1) is 10.3. The van der Waals surface area contributed by atoms with Gasteiger partial charge in [-0.05, 0) is 31.5 Å². The van der Waals surface area contributed by atoms with Crippen molar-refractivity contribution in [2.75, 3.05) is 6.26 Å². The molecule has 118 valence electrons. The highest BCUT2D eigenvalue weighted by Gasteiger charge is 2.14. The number of aromatic nitrogens is 1. The van der Waals surface area contributed by atoms with Crippen LogP contribution in [0.5, 0.6) is 0 Å². The number of hydrogen-bond acceptors (Lipinski definition) is 6. The number of aryl methyl sites for hydroxylation is 2. The highest BCUT2D eigenvalue weighted by Crippen LogP contribution is 2.15. The van der Waals surface area contributed by atoms with Crippen molar-refractivity contribution in [2.45, 2.75) is 26.2 Å². The Morgan fingerprint density at radius 3 is 2.64 bits per heavy atom. The lowest BCUT2D eigenvalue weighted by molar-refractivity contribution is 0.0470. The number of sulfone groups is 1. The minimum absolute atomic E-state index is 0.0658. The fourth-order valence-corrected chi connectivity index (χ4v) is 2.80. The van der Waals surface area contributed by atoms with Gasteiger partial charge < -0.3 is 9.26 Å². The average molecular weight is 323 g/mol. The number of benzene rings is 1. The average Bonchev–Trinajstić information content (AvgIpc) is 2.74. The van der Waals surface area contributed by atoms with E-state index >= 15 is 0 Å². The van der Waals surface area contributed by atoms with Gasteiger partial charge in [-0.15, -0.1) is 0 Å². The van der Waals surface area contributed by atoms with E-state index in [9.17, 15) is 13.2 Å². The van der Waals surface area contributed by atoms with E-state index in [1.165, 1.54) is 6.07 Å². The molecule has 0 radical (unpaired) electrons. The van der Waals surface area contributed by atoms with Crippen molar-refractivity contribution in [2.24, 2.45) is 0 Å². The van der Waals surface area contributed by atoms with Crippen LogP contribution < -0.4 is 0 Å². The SMILES string of the molecule is Cc1noc(C)c1COC(=O)c1cccc(CS(C)(=O)=O)c1. The lowest BCUT2D eigenvalue weighted by atomic mass is 10.1. The molecule has 6 nitrogen and oxygen atoms in total. The minimum atomic E-state index is -3.15. The van der Waals surface area contributed by atoms with Crippen LogP contribution in [0.15, 0.2) is 28.8 Å².